The van der Waals surface area contributed by atoms with Gasteiger partial charge >= 0.3 is 0 Å². The third kappa shape index (κ3) is 3.65. The van der Waals surface area contributed by atoms with Crippen molar-refractivity contribution in [1.29, 1.82) is 0 Å². The molecule has 1 unspecified atom stereocenters. The summed E-state index contributed by atoms with van der Waals surface area (Å²) in [5.41, 5.74) is -0.250. The van der Waals surface area contributed by atoms with Gasteiger partial charge in [-0.3, -0.25) is 4.79 Å². The van der Waals surface area contributed by atoms with E-state index in [9.17, 15) is 9.18 Å². The molecule has 1 N–H and O–H groups in total. The predicted octanol–water partition coefficient (Wildman–Crippen LogP) is 1.75. The zero-order chi connectivity index (χ0) is 14.8. The summed E-state index contributed by atoms with van der Waals surface area (Å²) in [5.74, 6) is -0.258. The summed E-state index contributed by atoms with van der Waals surface area (Å²) < 4.78 is 13.7. The Balaban J connectivity index is 2.06. The molecule has 0 aromatic carbocycles. The van der Waals surface area contributed by atoms with Gasteiger partial charge in [-0.05, 0) is 33.6 Å². The molecule has 20 heavy (non-hydrogen) atoms. The molecule has 0 bridgehead atoms. The van der Waals surface area contributed by atoms with Gasteiger partial charge in [-0.15, -0.1) is 0 Å². The summed E-state index contributed by atoms with van der Waals surface area (Å²) >= 11 is 0. The SMILES string of the molecule is CC(C)(C)NC(=O)C1CCCN(c2ncncc2F)C1. The Morgan fingerprint density at radius 2 is 2.25 bits per heavy atom. The standard InChI is InChI=1S/C14H21FN4O/c1-14(2,3)18-13(20)10-5-4-6-19(8-10)12-11(15)7-16-9-17-12/h7,9-10H,4-6,8H2,1-3H3,(H,18,20). The fourth-order valence-corrected chi connectivity index (χ4v) is 2.39. The first-order valence-electron chi connectivity index (χ1n) is 6.89. The van der Waals surface area contributed by atoms with Crippen molar-refractivity contribution in [3.8, 4) is 0 Å². The Morgan fingerprint density at radius 1 is 1.50 bits per heavy atom. The monoisotopic (exact) mass is 280 g/mol. The van der Waals surface area contributed by atoms with E-state index in [0.717, 1.165) is 19.0 Å². The van der Waals surface area contributed by atoms with Crippen molar-refractivity contribution >= 4 is 11.7 Å². The van der Waals surface area contributed by atoms with E-state index in [4.69, 9.17) is 0 Å². The highest BCUT2D eigenvalue weighted by molar-refractivity contribution is 5.80. The van der Waals surface area contributed by atoms with Crippen LogP contribution in [-0.4, -0.2) is 34.5 Å². The van der Waals surface area contributed by atoms with E-state index >= 15 is 0 Å². The molecule has 0 saturated carbocycles. The average Bonchev–Trinajstić information content (AvgIpc) is 2.37. The van der Waals surface area contributed by atoms with Gasteiger partial charge in [0.15, 0.2) is 11.6 Å². The van der Waals surface area contributed by atoms with Crippen LogP contribution in [0.2, 0.25) is 0 Å². The minimum Gasteiger partial charge on any atom is -0.353 e. The first-order chi connectivity index (χ1) is 9.37. The molecule has 0 aliphatic carbocycles. The number of hydrogen-bond acceptors (Lipinski definition) is 4. The maximum atomic E-state index is 13.7. The number of rotatable bonds is 2. The number of anilines is 1. The van der Waals surface area contributed by atoms with Crippen molar-refractivity contribution < 1.29 is 9.18 Å². The minimum absolute atomic E-state index is 0.0247. The van der Waals surface area contributed by atoms with Gasteiger partial charge in [0.25, 0.3) is 0 Å². The summed E-state index contributed by atoms with van der Waals surface area (Å²) in [7, 11) is 0. The fraction of sp³-hybridized carbons (Fsp3) is 0.643. The molecule has 1 amide bonds. The van der Waals surface area contributed by atoms with Gasteiger partial charge in [0, 0.05) is 18.6 Å². The second kappa shape index (κ2) is 5.73. The Kier molecular flexibility index (Phi) is 4.20. The normalized spacial score (nSPS) is 19.8. The van der Waals surface area contributed by atoms with Crippen LogP contribution in [0.3, 0.4) is 0 Å². The highest BCUT2D eigenvalue weighted by Gasteiger charge is 2.29. The second-order valence-corrected chi connectivity index (χ2v) is 6.22. The van der Waals surface area contributed by atoms with Gasteiger partial charge in [0.05, 0.1) is 12.1 Å². The Morgan fingerprint density at radius 3 is 2.90 bits per heavy atom. The predicted molar refractivity (Wildman–Crippen MR) is 74.8 cm³/mol. The second-order valence-electron chi connectivity index (χ2n) is 6.22. The highest BCUT2D eigenvalue weighted by Crippen LogP contribution is 2.23. The van der Waals surface area contributed by atoms with Crippen LogP contribution >= 0.6 is 0 Å². The van der Waals surface area contributed by atoms with E-state index in [1.807, 2.05) is 25.7 Å². The summed E-state index contributed by atoms with van der Waals surface area (Å²) in [5, 5.41) is 2.98. The quantitative estimate of drug-likeness (QED) is 0.896. The fourth-order valence-electron chi connectivity index (χ4n) is 2.39. The number of hydrogen-bond donors (Lipinski definition) is 1. The molecule has 2 heterocycles. The summed E-state index contributed by atoms with van der Waals surface area (Å²) in [6.07, 6.45) is 4.16. The van der Waals surface area contributed by atoms with Crippen LogP contribution in [0.1, 0.15) is 33.6 Å². The number of nitrogens with one attached hydrogen (secondary N) is 1. The Bertz CT molecular complexity index is 486. The number of nitrogens with zero attached hydrogens (tertiary/aromatic N) is 3. The number of aromatic nitrogens is 2. The van der Waals surface area contributed by atoms with Crippen LogP contribution in [0.25, 0.3) is 0 Å². The summed E-state index contributed by atoms with van der Waals surface area (Å²) in [6.45, 7) is 7.07. The zero-order valence-corrected chi connectivity index (χ0v) is 12.2. The maximum Gasteiger partial charge on any atom is 0.225 e. The minimum atomic E-state index is -0.440. The number of carbonyl (C=O) groups is 1. The molecular formula is C14H21FN4O. The molecule has 1 aliphatic heterocycles. The van der Waals surface area contributed by atoms with Crippen LogP contribution < -0.4 is 10.2 Å². The molecule has 1 aromatic heterocycles. The van der Waals surface area contributed by atoms with Crippen molar-refractivity contribution in [3.05, 3.63) is 18.3 Å². The largest absolute Gasteiger partial charge is 0.353 e. The highest BCUT2D eigenvalue weighted by atomic mass is 19.1. The molecule has 5 nitrogen and oxygen atoms in total. The topological polar surface area (TPSA) is 58.1 Å². The first kappa shape index (κ1) is 14.7. The lowest BCUT2D eigenvalue weighted by molar-refractivity contribution is -0.126. The molecule has 2 rings (SSSR count). The Hall–Kier alpha value is -1.72. The average molecular weight is 280 g/mol. The molecule has 1 atom stereocenters. The number of amides is 1. The molecule has 0 radical (unpaired) electrons. The Labute approximate surface area is 118 Å². The van der Waals surface area contributed by atoms with Crippen LogP contribution in [0.4, 0.5) is 10.2 Å². The molecule has 1 saturated heterocycles. The van der Waals surface area contributed by atoms with Crippen LogP contribution in [0.15, 0.2) is 12.5 Å². The number of halogens is 1. The van der Waals surface area contributed by atoms with E-state index in [-0.39, 0.29) is 23.2 Å². The summed E-state index contributed by atoms with van der Waals surface area (Å²) in [6, 6.07) is 0. The van der Waals surface area contributed by atoms with Crippen LogP contribution in [-0.2, 0) is 4.79 Å². The zero-order valence-electron chi connectivity index (χ0n) is 12.2. The van der Waals surface area contributed by atoms with E-state index in [1.165, 1.54) is 6.33 Å². The molecule has 1 aliphatic rings. The number of carbonyl (C=O) groups excluding carboxylic acids is 1. The summed E-state index contributed by atoms with van der Waals surface area (Å²) in [4.78, 5) is 21.7. The van der Waals surface area contributed by atoms with E-state index in [2.05, 4.69) is 15.3 Å². The molecule has 0 spiro atoms. The molecule has 110 valence electrons. The van der Waals surface area contributed by atoms with E-state index in [1.54, 1.807) is 0 Å². The number of piperidine rings is 1. The smallest absolute Gasteiger partial charge is 0.225 e. The third-order valence-corrected chi connectivity index (χ3v) is 3.24. The van der Waals surface area contributed by atoms with Gasteiger partial charge in [-0.2, -0.15) is 0 Å². The van der Waals surface area contributed by atoms with E-state index in [0.29, 0.717) is 13.1 Å². The lowest BCUT2D eigenvalue weighted by atomic mass is 9.95. The van der Waals surface area contributed by atoms with Gasteiger partial charge in [-0.25, -0.2) is 14.4 Å². The van der Waals surface area contributed by atoms with E-state index < -0.39 is 5.82 Å². The van der Waals surface area contributed by atoms with Crippen molar-refractivity contribution in [2.75, 3.05) is 18.0 Å². The van der Waals surface area contributed by atoms with Crippen molar-refractivity contribution in [2.24, 2.45) is 5.92 Å². The van der Waals surface area contributed by atoms with Gasteiger partial charge in [0.2, 0.25) is 5.91 Å². The van der Waals surface area contributed by atoms with Crippen molar-refractivity contribution in [1.82, 2.24) is 15.3 Å². The molecule has 1 fully saturated rings. The first-order valence-corrected chi connectivity index (χ1v) is 6.89. The van der Waals surface area contributed by atoms with Gasteiger partial charge in [-0.1, -0.05) is 0 Å². The molecule has 6 heteroatoms. The lowest BCUT2D eigenvalue weighted by Gasteiger charge is -2.34. The van der Waals surface area contributed by atoms with Crippen molar-refractivity contribution in [2.45, 2.75) is 39.2 Å². The maximum absolute atomic E-state index is 13.7. The van der Waals surface area contributed by atoms with Gasteiger partial charge in [0.1, 0.15) is 6.33 Å². The van der Waals surface area contributed by atoms with Crippen molar-refractivity contribution in [3.63, 3.8) is 0 Å². The third-order valence-electron chi connectivity index (χ3n) is 3.24. The van der Waals surface area contributed by atoms with Gasteiger partial charge < -0.3 is 10.2 Å². The van der Waals surface area contributed by atoms with Crippen LogP contribution in [0.5, 0.6) is 0 Å². The molecular weight excluding hydrogens is 259 g/mol. The lowest BCUT2D eigenvalue weighted by Crippen LogP contribution is -2.49. The van der Waals surface area contributed by atoms with Crippen LogP contribution in [0, 0.1) is 11.7 Å². The molecule has 1 aromatic rings.